The van der Waals surface area contributed by atoms with E-state index in [2.05, 4.69) is 4.74 Å². The second-order valence-electron chi connectivity index (χ2n) is 2.52. The Hall–Kier alpha value is 0.0900. The number of rotatable bonds is 3. The minimum atomic E-state index is -1.60. The smallest absolute Gasteiger partial charge is 0.870 e. The van der Waals surface area contributed by atoms with Crippen LogP contribution in [0.3, 0.4) is 0 Å². The van der Waals surface area contributed by atoms with Gasteiger partial charge >= 0.3 is 59.1 Å². The Labute approximate surface area is 137 Å². The standard InChI is InChI=1S/C9H10O5.2Na/c1-13-8-4-6(2-3-7(8)10)5-14-9(11)12;;/h2-4,10H,5H2,1H3,(H,11,12);;/q;2*+1/p-2. The van der Waals surface area contributed by atoms with Gasteiger partial charge in [-0.1, -0.05) is 17.9 Å². The van der Waals surface area contributed by atoms with Gasteiger partial charge in [-0.3, -0.25) is 0 Å². The van der Waals surface area contributed by atoms with E-state index in [9.17, 15) is 15.0 Å². The first-order chi connectivity index (χ1) is 6.63. The molecule has 76 valence electrons. The van der Waals surface area contributed by atoms with E-state index in [0.29, 0.717) is 5.56 Å². The van der Waals surface area contributed by atoms with Gasteiger partial charge in [0.1, 0.15) is 5.75 Å². The van der Waals surface area contributed by atoms with Crippen molar-refractivity contribution in [1.29, 1.82) is 0 Å². The van der Waals surface area contributed by atoms with Crippen molar-refractivity contribution < 1.29 is 83.6 Å². The molecule has 1 aromatic rings. The van der Waals surface area contributed by atoms with Gasteiger partial charge in [0.05, 0.1) is 13.7 Å². The first kappa shape index (κ1) is 18.5. The Morgan fingerprint density at radius 2 is 2.00 bits per heavy atom. The predicted molar refractivity (Wildman–Crippen MR) is 42.6 cm³/mol. The number of carbonyl (C=O) groups is 1. The number of hydrogen-bond donors (Lipinski definition) is 0. The molecule has 0 amide bonds. The van der Waals surface area contributed by atoms with Crippen LogP contribution < -0.4 is 74.1 Å². The zero-order valence-corrected chi connectivity index (χ0v) is 13.5. The molecule has 0 radical (unpaired) electrons. The van der Waals surface area contributed by atoms with E-state index in [1.165, 1.54) is 25.3 Å². The molecule has 0 aromatic heterocycles. The maximum Gasteiger partial charge on any atom is 1.00 e. The van der Waals surface area contributed by atoms with Crippen LogP contribution in [0.1, 0.15) is 5.56 Å². The molecule has 0 fully saturated rings. The first-order valence-corrected chi connectivity index (χ1v) is 3.81. The fourth-order valence-electron chi connectivity index (χ4n) is 0.944. The molecule has 7 heteroatoms. The van der Waals surface area contributed by atoms with Crippen molar-refractivity contribution in [2.45, 2.75) is 6.61 Å². The van der Waals surface area contributed by atoms with E-state index >= 15 is 0 Å². The van der Waals surface area contributed by atoms with E-state index in [1.807, 2.05) is 0 Å². The van der Waals surface area contributed by atoms with Crippen molar-refractivity contribution in [2.24, 2.45) is 0 Å². The summed E-state index contributed by atoms with van der Waals surface area (Å²) < 4.78 is 8.98. The molecule has 0 heterocycles. The fraction of sp³-hybridized carbons (Fsp3) is 0.222. The van der Waals surface area contributed by atoms with Crippen LogP contribution in [-0.2, 0) is 11.3 Å². The molecule has 0 saturated heterocycles. The number of methoxy groups -OCH3 is 1. The molecule has 5 nitrogen and oxygen atoms in total. The van der Waals surface area contributed by atoms with Crippen molar-refractivity contribution in [3.05, 3.63) is 23.8 Å². The van der Waals surface area contributed by atoms with Crippen LogP contribution in [0, 0.1) is 0 Å². The van der Waals surface area contributed by atoms with Crippen LogP contribution in [0.2, 0.25) is 0 Å². The minimum Gasteiger partial charge on any atom is -0.870 e. The van der Waals surface area contributed by atoms with Crippen molar-refractivity contribution in [3.63, 3.8) is 0 Å². The van der Waals surface area contributed by atoms with E-state index in [1.54, 1.807) is 0 Å². The third kappa shape index (κ3) is 5.98. The molecule has 0 spiro atoms. The molecule has 1 aromatic carbocycles. The van der Waals surface area contributed by atoms with Gasteiger partial charge in [0.15, 0.2) is 0 Å². The summed E-state index contributed by atoms with van der Waals surface area (Å²) in [7, 11) is 1.36. The Balaban J connectivity index is 0. The molecule has 0 aliphatic heterocycles. The average molecular weight is 242 g/mol. The average Bonchev–Trinajstić information content (AvgIpc) is 2.16. The topological polar surface area (TPSA) is 81.7 Å². The molecule has 0 bridgehead atoms. The van der Waals surface area contributed by atoms with Crippen LogP contribution in [0.25, 0.3) is 0 Å². The van der Waals surface area contributed by atoms with Gasteiger partial charge in [0.2, 0.25) is 0 Å². The van der Waals surface area contributed by atoms with Crippen LogP contribution in [0.4, 0.5) is 4.79 Å². The van der Waals surface area contributed by atoms with Crippen molar-refractivity contribution >= 4 is 6.16 Å². The Morgan fingerprint density at radius 1 is 1.38 bits per heavy atom. The van der Waals surface area contributed by atoms with Gasteiger partial charge in [-0.15, -0.1) is 0 Å². The summed E-state index contributed by atoms with van der Waals surface area (Å²) in [6.45, 7) is -0.154. The van der Waals surface area contributed by atoms with E-state index < -0.39 is 6.16 Å². The molecule has 0 aliphatic carbocycles. The number of carbonyl (C=O) groups excluding carboxylic acids is 1. The summed E-state index contributed by atoms with van der Waals surface area (Å²) in [4.78, 5) is 9.97. The fourth-order valence-corrected chi connectivity index (χ4v) is 0.944. The van der Waals surface area contributed by atoms with Crippen molar-refractivity contribution in [2.75, 3.05) is 7.11 Å². The SMILES string of the molecule is COc1cc(COC(=O)[O-])ccc1[O-].[Na+].[Na+]. The zero-order chi connectivity index (χ0) is 10.6. The molecule has 1 rings (SSSR count). The van der Waals surface area contributed by atoms with Crippen LogP contribution >= 0.6 is 0 Å². The third-order valence-electron chi connectivity index (χ3n) is 1.58. The number of carboxylic acid groups (broad SMARTS) is 1. The largest absolute Gasteiger partial charge is 1.00 e. The van der Waals surface area contributed by atoms with Crippen LogP contribution in [-0.4, -0.2) is 13.3 Å². The third-order valence-corrected chi connectivity index (χ3v) is 1.58. The molecular weight excluding hydrogens is 234 g/mol. The summed E-state index contributed by atoms with van der Waals surface area (Å²) in [5, 5.41) is 21.0. The zero-order valence-electron chi connectivity index (χ0n) is 9.48. The second-order valence-corrected chi connectivity index (χ2v) is 2.52. The summed E-state index contributed by atoms with van der Waals surface area (Å²) in [5.41, 5.74) is 0.533. The maximum absolute atomic E-state index is 11.0. The monoisotopic (exact) mass is 242 g/mol. The van der Waals surface area contributed by atoms with Gasteiger partial charge in [0.25, 0.3) is 6.16 Å². The van der Waals surface area contributed by atoms with Gasteiger partial charge in [-0.2, -0.15) is 0 Å². The number of hydrogen-bond acceptors (Lipinski definition) is 5. The van der Waals surface area contributed by atoms with Crippen LogP contribution in [0.15, 0.2) is 18.2 Å². The molecular formula is C9H8Na2O5. The molecule has 0 unspecified atom stereocenters. The normalized spacial score (nSPS) is 8.31. The summed E-state index contributed by atoms with van der Waals surface area (Å²) in [6, 6.07) is 4.17. The predicted octanol–water partition coefficient (Wildman–Crippen LogP) is -6.36. The maximum atomic E-state index is 11.0. The van der Waals surface area contributed by atoms with E-state index in [0.717, 1.165) is 0 Å². The Morgan fingerprint density at radius 3 is 2.50 bits per heavy atom. The van der Waals surface area contributed by atoms with Crippen molar-refractivity contribution in [3.8, 4) is 11.5 Å². The number of benzene rings is 1. The summed E-state index contributed by atoms with van der Waals surface area (Å²) in [6.07, 6.45) is -1.60. The van der Waals surface area contributed by atoms with E-state index in [-0.39, 0.29) is 77.2 Å². The van der Waals surface area contributed by atoms with E-state index in [4.69, 9.17) is 4.74 Å². The van der Waals surface area contributed by atoms with Gasteiger partial charge in [0, 0.05) is 0 Å². The molecule has 0 aliphatic rings. The second kappa shape index (κ2) is 9.15. The quantitative estimate of drug-likeness (QED) is 0.389. The Kier molecular flexibility index (Phi) is 10.6. The number of ether oxygens (including phenoxy) is 2. The minimum absolute atomic E-state index is 0. The van der Waals surface area contributed by atoms with Crippen molar-refractivity contribution in [1.82, 2.24) is 0 Å². The molecule has 16 heavy (non-hydrogen) atoms. The van der Waals surface area contributed by atoms with Crippen LogP contribution in [0.5, 0.6) is 11.5 Å². The molecule has 0 saturated carbocycles. The molecule has 0 atom stereocenters. The van der Waals surface area contributed by atoms with Gasteiger partial charge in [-0.25, -0.2) is 0 Å². The first-order valence-electron chi connectivity index (χ1n) is 3.81. The molecule has 0 N–H and O–H groups in total. The summed E-state index contributed by atoms with van der Waals surface area (Å²) in [5.74, 6) is -0.103. The van der Waals surface area contributed by atoms with Gasteiger partial charge in [-0.05, 0) is 11.6 Å². The summed E-state index contributed by atoms with van der Waals surface area (Å²) >= 11 is 0. The Bertz CT molecular complexity index is 343. The van der Waals surface area contributed by atoms with Gasteiger partial charge < -0.3 is 24.5 Å².